The van der Waals surface area contributed by atoms with Crippen molar-refractivity contribution in [3.05, 3.63) is 12.3 Å². The minimum atomic E-state index is -0.575. The van der Waals surface area contributed by atoms with Gasteiger partial charge in [-0.15, -0.1) is 0 Å². The lowest BCUT2D eigenvalue weighted by molar-refractivity contribution is -0.286. The van der Waals surface area contributed by atoms with E-state index in [2.05, 4.69) is 9.78 Å². The van der Waals surface area contributed by atoms with E-state index < -0.39 is 5.97 Å². The van der Waals surface area contributed by atoms with Crippen molar-refractivity contribution in [2.24, 2.45) is 0 Å². The van der Waals surface area contributed by atoms with Crippen molar-refractivity contribution in [2.45, 2.75) is 39.9 Å². The molecular weight excluding hydrogens is 199 g/mol. The second kappa shape index (κ2) is 9.07. The van der Waals surface area contributed by atoms with Gasteiger partial charge in [-0.2, -0.15) is 4.89 Å². The molecule has 0 rings (SSSR count). The zero-order valence-corrected chi connectivity index (χ0v) is 8.44. The predicted octanol–water partition coefficient (Wildman–Crippen LogP) is 0.624. The van der Waals surface area contributed by atoms with E-state index in [-0.39, 0.29) is 29.6 Å². The molecule has 0 aliphatic carbocycles. The lowest BCUT2D eigenvalue weighted by atomic mass is 10.5. The fourth-order valence-electron chi connectivity index (χ4n) is 0.423. The molecule has 0 N–H and O–H groups in total. The maximum Gasteiger partial charge on any atom is 0.369 e. The van der Waals surface area contributed by atoms with Gasteiger partial charge in [0.2, 0.25) is 0 Å². The van der Waals surface area contributed by atoms with Crippen molar-refractivity contribution in [1.29, 1.82) is 0 Å². The maximum absolute atomic E-state index is 10.8. The number of ether oxygens (including phenoxy) is 1. The van der Waals surface area contributed by atoms with Crippen LogP contribution in [-0.4, -0.2) is 35.5 Å². The highest BCUT2D eigenvalue weighted by Gasteiger charge is 2.00. The Balaban J connectivity index is 0. The third kappa shape index (κ3) is 11.5. The first-order valence-electron chi connectivity index (χ1n) is 4.21. The molecule has 0 fully saturated rings. The predicted molar refractivity (Wildman–Crippen MR) is 57.6 cm³/mol. The summed E-state index contributed by atoms with van der Waals surface area (Å²) in [6, 6.07) is 0. The van der Waals surface area contributed by atoms with E-state index in [1.54, 1.807) is 13.8 Å². The summed E-state index contributed by atoms with van der Waals surface area (Å²) in [7, 11) is 0. The van der Waals surface area contributed by atoms with E-state index in [4.69, 9.17) is 4.74 Å². The number of rotatable bonds is 5. The van der Waals surface area contributed by atoms with Gasteiger partial charge in [-0.3, -0.25) is 4.89 Å². The van der Waals surface area contributed by atoms with Crippen LogP contribution in [0.4, 0.5) is 0 Å². The van der Waals surface area contributed by atoms with E-state index in [1.165, 1.54) is 12.3 Å². The summed E-state index contributed by atoms with van der Waals surface area (Å²) in [5.74, 6) is -0.575. The van der Waals surface area contributed by atoms with Crippen LogP contribution in [0.15, 0.2) is 12.3 Å². The number of hydrogen-bond donors (Lipinski definition) is 0. The Morgan fingerprint density at radius 1 is 1.14 bits per heavy atom. The molecule has 0 aliphatic heterocycles. The molecule has 0 amide bonds. The Morgan fingerprint density at radius 3 is 2.14 bits per heavy atom. The van der Waals surface area contributed by atoms with Gasteiger partial charge < -0.3 is 4.74 Å². The molecule has 0 radical (unpaired) electrons. The fourth-order valence-corrected chi connectivity index (χ4v) is 0.423. The van der Waals surface area contributed by atoms with Gasteiger partial charge in [0.1, 0.15) is 0 Å². The molecule has 0 aromatic carbocycles. The van der Waals surface area contributed by atoms with E-state index in [1.807, 2.05) is 13.8 Å². The van der Waals surface area contributed by atoms with Crippen molar-refractivity contribution in [1.82, 2.24) is 0 Å². The van der Waals surface area contributed by atoms with E-state index in [0.29, 0.717) is 0 Å². The van der Waals surface area contributed by atoms with Crippen molar-refractivity contribution >= 4 is 23.3 Å². The summed E-state index contributed by atoms with van der Waals surface area (Å²) in [6.45, 7) is 7.25. The number of hydrogen-bond acceptors (Lipinski definition) is 4. The SMILES string of the molecule is CC(C)OC=CC(=O)OOC(C)C.[AlH3]. The summed E-state index contributed by atoms with van der Waals surface area (Å²) in [5.41, 5.74) is 0. The average Bonchev–Trinajstić information content (AvgIpc) is 2.00. The van der Waals surface area contributed by atoms with Gasteiger partial charge in [-0.05, 0) is 27.7 Å². The summed E-state index contributed by atoms with van der Waals surface area (Å²) in [4.78, 5) is 19.8. The molecule has 82 valence electrons. The normalized spacial score (nSPS) is 10.4. The van der Waals surface area contributed by atoms with Crippen LogP contribution in [-0.2, 0) is 19.3 Å². The van der Waals surface area contributed by atoms with Gasteiger partial charge in [-0.1, -0.05) is 0 Å². The van der Waals surface area contributed by atoms with Gasteiger partial charge in [-0.25, -0.2) is 4.79 Å². The van der Waals surface area contributed by atoms with Crippen LogP contribution < -0.4 is 0 Å². The molecule has 0 unspecified atom stereocenters. The summed E-state index contributed by atoms with van der Waals surface area (Å²) < 4.78 is 4.98. The molecule has 0 saturated heterocycles. The molecule has 0 aliphatic rings. The highest BCUT2D eigenvalue weighted by Crippen LogP contribution is 1.93. The van der Waals surface area contributed by atoms with Crippen LogP contribution in [0.5, 0.6) is 0 Å². The molecule has 0 spiro atoms. The lowest BCUT2D eigenvalue weighted by Gasteiger charge is -2.04. The second-order valence-corrected chi connectivity index (χ2v) is 3.03. The minimum Gasteiger partial charge on any atom is -0.498 e. The molecule has 0 aromatic rings. The van der Waals surface area contributed by atoms with Gasteiger partial charge in [0, 0.05) is 0 Å². The molecule has 0 atom stereocenters. The Kier molecular flexibility index (Phi) is 10.3. The Labute approximate surface area is 95.3 Å². The first-order valence-corrected chi connectivity index (χ1v) is 4.21. The zero-order chi connectivity index (χ0) is 10.3. The Bertz CT molecular complexity index is 178. The highest BCUT2D eigenvalue weighted by atomic mass is 27.0. The third-order valence-corrected chi connectivity index (χ3v) is 0.878. The van der Waals surface area contributed by atoms with Gasteiger partial charge >= 0.3 is 5.97 Å². The topological polar surface area (TPSA) is 44.8 Å². The van der Waals surface area contributed by atoms with Gasteiger partial charge in [0.15, 0.2) is 17.4 Å². The van der Waals surface area contributed by atoms with Crippen molar-refractivity contribution in [3.8, 4) is 0 Å². The van der Waals surface area contributed by atoms with Crippen LogP contribution in [0, 0.1) is 0 Å². The quantitative estimate of drug-likeness (QED) is 0.223. The summed E-state index contributed by atoms with van der Waals surface area (Å²) >= 11 is 0. The average molecular weight is 218 g/mol. The smallest absolute Gasteiger partial charge is 0.369 e. The van der Waals surface area contributed by atoms with Gasteiger partial charge in [0.05, 0.1) is 24.5 Å². The molecule has 0 aromatic heterocycles. The first kappa shape index (κ1) is 16.0. The highest BCUT2D eigenvalue weighted by molar-refractivity contribution is 5.81. The largest absolute Gasteiger partial charge is 0.498 e. The van der Waals surface area contributed by atoms with E-state index in [0.717, 1.165) is 0 Å². The number of carbonyl (C=O) groups excluding carboxylic acids is 1. The van der Waals surface area contributed by atoms with E-state index >= 15 is 0 Å². The van der Waals surface area contributed by atoms with Crippen LogP contribution in [0.25, 0.3) is 0 Å². The molecule has 4 nitrogen and oxygen atoms in total. The number of carbonyl (C=O) groups is 1. The van der Waals surface area contributed by atoms with Crippen LogP contribution >= 0.6 is 0 Å². The van der Waals surface area contributed by atoms with Crippen molar-refractivity contribution < 1.29 is 19.3 Å². The van der Waals surface area contributed by atoms with Crippen LogP contribution in [0.2, 0.25) is 0 Å². The minimum absolute atomic E-state index is 0. The Morgan fingerprint density at radius 2 is 1.71 bits per heavy atom. The van der Waals surface area contributed by atoms with Gasteiger partial charge in [0.25, 0.3) is 0 Å². The first-order chi connectivity index (χ1) is 6.02. The van der Waals surface area contributed by atoms with Crippen molar-refractivity contribution in [3.63, 3.8) is 0 Å². The maximum atomic E-state index is 10.8. The molecule has 5 heteroatoms. The zero-order valence-electron chi connectivity index (χ0n) is 8.44. The van der Waals surface area contributed by atoms with E-state index in [9.17, 15) is 4.79 Å². The molecule has 0 saturated carbocycles. The summed E-state index contributed by atoms with van der Waals surface area (Å²) in [5, 5.41) is 0. The molecule has 14 heavy (non-hydrogen) atoms. The summed E-state index contributed by atoms with van der Waals surface area (Å²) in [6.07, 6.45) is 2.37. The fraction of sp³-hybridized carbons (Fsp3) is 0.667. The third-order valence-electron chi connectivity index (χ3n) is 0.878. The Hall–Kier alpha value is -0.498. The lowest BCUT2D eigenvalue weighted by Crippen LogP contribution is -2.08. The molecule has 0 bridgehead atoms. The second-order valence-electron chi connectivity index (χ2n) is 3.03. The molecular formula is C9H19AlO4. The van der Waals surface area contributed by atoms with Crippen LogP contribution in [0.3, 0.4) is 0 Å². The van der Waals surface area contributed by atoms with Crippen molar-refractivity contribution in [2.75, 3.05) is 0 Å². The van der Waals surface area contributed by atoms with Crippen LogP contribution in [0.1, 0.15) is 27.7 Å². The molecule has 0 heterocycles. The monoisotopic (exact) mass is 218 g/mol. The standard InChI is InChI=1S/C9H16O4.Al.3H/c1-7(2)11-6-5-9(10)13-12-8(3)4;;;;/h5-8H,1-4H3;;;;.